The SMILES string of the molecule is CC1(NCC(O)COc2cccc(Br)c2)CCCOC1. The van der Waals surface area contributed by atoms with Crippen molar-refractivity contribution in [3.05, 3.63) is 28.7 Å². The van der Waals surface area contributed by atoms with Gasteiger partial charge in [-0.15, -0.1) is 0 Å². The van der Waals surface area contributed by atoms with Gasteiger partial charge >= 0.3 is 0 Å². The number of aliphatic hydroxyl groups excluding tert-OH is 1. The van der Waals surface area contributed by atoms with Crippen LogP contribution in [-0.4, -0.2) is 43.1 Å². The molecule has 0 aromatic heterocycles. The highest BCUT2D eigenvalue weighted by Crippen LogP contribution is 2.19. The van der Waals surface area contributed by atoms with Crippen LogP contribution >= 0.6 is 15.9 Å². The van der Waals surface area contributed by atoms with Gasteiger partial charge in [-0.25, -0.2) is 0 Å². The molecule has 0 aliphatic carbocycles. The molecule has 1 saturated heterocycles. The average Bonchev–Trinajstić information content (AvgIpc) is 2.44. The van der Waals surface area contributed by atoms with Gasteiger partial charge in [-0.2, -0.15) is 0 Å². The molecule has 1 aliphatic heterocycles. The maximum Gasteiger partial charge on any atom is 0.120 e. The summed E-state index contributed by atoms with van der Waals surface area (Å²) in [6, 6.07) is 7.61. The summed E-state index contributed by atoms with van der Waals surface area (Å²) in [5, 5.41) is 13.4. The van der Waals surface area contributed by atoms with Crippen LogP contribution in [0.15, 0.2) is 28.7 Å². The molecule has 20 heavy (non-hydrogen) atoms. The van der Waals surface area contributed by atoms with Gasteiger partial charge in [0.05, 0.1) is 6.61 Å². The van der Waals surface area contributed by atoms with E-state index in [4.69, 9.17) is 9.47 Å². The molecule has 1 heterocycles. The third kappa shape index (κ3) is 5.05. The largest absolute Gasteiger partial charge is 0.491 e. The predicted molar refractivity (Wildman–Crippen MR) is 82.1 cm³/mol. The van der Waals surface area contributed by atoms with Crippen LogP contribution in [0.2, 0.25) is 0 Å². The van der Waals surface area contributed by atoms with Gasteiger partial charge in [0, 0.05) is 23.2 Å². The Morgan fingerprint density at radius 2 is 2.40 bits per heavy atom. The summed E-state index contributed by atoms with van der Waals surface area (Å²) >= 11 is 3.39. The van der Waals surface area contributed by atoms with Crippen LogP contribution in [0.1, 0.15) is 19.8 Å². The number of nitrogens with one attached hydrogen (secondary N) is 1. The smallest absolute Gasteiger partial charge is 0.120 e. The molecule has 0 saturated carbocycles. The highest BCUT2D eigenvalue weighted by atomic mass is 79.9. The Kier molecular flexibility index (Phi) is 5.84. The second-order valence-electron chi connectivity index (χ2n) is 5.52. The van der Waals surface area contributed by atoms with Crippen LogP contribution in [0.5, 0.6) is 5.75 Å². The Balaban J connectivity index is 1.71. The lowest BCUT2D eigenvalue weighted by Crippen LogP contribution is -2.51. The van der Waals surface area contributed by atoms with Gasteiger partial charge in [0.1, 0.15) is 18.5 Å². The number of hydrogen-bond acceptors (Lipinski definition) is 4. The normalized spacial score (nSPS) is 24.4. The first kappa shape index (κ1) is 15.8. The Morgan fingerprint density at radius 3 is 3.10 bits per heavy atom. The van der Waals surface area contributed by atoms with Gasteiger partial charge in [-0.05, 0) is 38.0 Å². The van der Waals surface area contributed by atoms with Crippen molar-refractivity contribution in [2.75, 3.05) is 26.4 Å². The Labute approximate surface area is 128 Å². The number of rotatable bonds is 6. The summed E-state index contributed by atoms with van der Waals surface area (Å²) in [4.78, 5) is 0. The van der Waals surface area contributed by atoms with Crippen molar-refractivity contribution in [2.45, 2.75) is 31.4 Å². The number of ether oxygens (including phenoxy) is 2. The number of β-amino-alcohol motifs (C(OH)–C–C–N with tert-alkyl or cyclic N) is 1. The molecule has 5 heteroatoms. The molecule has 2 atom stereocenters. The second-order valence-corrected chi connectivity index (χ2v) is 6.44. The molecule has 0 spiro atoms. The summed E-state index contributed by atoms with van der Waals surface area (Å²) < 4.78 is 12.0. The van der Waals surface area contributed by atoms with E-state index in [9.17, 15) is 5.11 Å². The van der Waals surface area contributed by atoms with E-state index in [2.05, 4.69) is 28.2 Å². The fourth-order valence-electron chi connectivity index (χ4n) is 2.25. The molecule has 2 unspecified atom stereocenters. The van der Waals surface area contributed by atoms with Crippen LogP contribution in [0.4, 0.5) is 0 Å². The zero-order valence-electron chi connectivity index (χ0n) is 11.8. The van der Waals surface area contributed by atoms with E-state index in [1.807, 2.05) is 24.3 Å². The zero-order chi connectivity index (χ0) is 14.4. The van der Waals surface area contributed by atoms with Crippen molar-refractivity contribution in [3.63, 3.8) is 0 Å². The molecule has 4 nitrogen and oxygen atoms in total. The molecule has 0 bridgehead atoms. The first-order chi connectivity index (χ1) is 9.57. The summed E-state index contributed by atoms with van der Waals surface area (Å²) in [6.07, 6.45) is 1.60. The Morgan fingerprint density at radius 1 is 1.55 bits per heavy atom. The minimum Gasteiger partial charge on any atom is -0.491 e. The van der Waals surface area contributed by atoms with Gasteiger partial charge in [-0.3, -0.25) is 0 Å². The van der Waals surface area contributed by atoms with Crippen LogP contribution in [0.3, 0.4) is 0 Å². The second kappa shape index (κ2) is 7.41. The molecule has 0 amide bonds. The fourth-order valence-corrected chi connectivity index (χ4v) is 2.62. The summed E-state index contributed by atoms with van der Waals surface area (Å²) in [5.41, 5.74) is -0.0327. The molecular formula is C15H22BrNO3. The minimum absolute atomic E-state index is 0.0327. The summed E-state index contributed by atoms with van der Waals surface area (Å²) in [7, 11) is 0. The van der Waals surface area contributed by atoms with Crippen LogP contribution in [0.25, 0.3) is 0 Å². The third-order valence-electron chi connectivity index (χ3n) is 3.44. The molecule has 2 N–H and O–H groups in total. The standard InChI is InChI=1S/C15H22BrNO3/c1-15(6-3-7-19-11-15)17-9-13(18)10-20-14-5-2-4-12(16)8-14/h2,4-5,8,13,17-18H,3,6-7,9-11H2,1H3. The molecule has 112 valence electrons. The molecule has 1 fully saturated rings. The topological polar surface area (TPSA) is 50.7 Å². The van der Waals surface area contributed by atoms with E-state index in [1.165, 1.54) is 0 Å². The van der Waals surface area contributed by atoms with Gasteiger partial charge < -0.3 is 19.9 Å². The van der Waals surface area contributed by atoms with Crippen molar-refractivity contribution in [3.8, 4) is 5.75 Å². The third-order valence-corrected chi connectivity index (χ3v) is 3.93. The lowest BCUT2D eigenvalue weighted by atomic mass is 9.95. The van der Waals surface area contributed by atoms with Gasteiger partial charge in [0.25, 0.3) is 0 Å². The molecule has 1 aromatic carbocycles. The molecule has 2 rings (SSSR count). The van der Waals surface area contributed by atoms with Gasteiger partial charge in [-0.1, -0.05) is 22.0 Å². The number of halogens is 1. The van der Waals surface area contributed by atoms with Crippen LogP contribution in [0, 0.1) is 0 Å². The number of hydrogen-bond donors (Lipinski definition) is 2. The molecule has 1 aromatic rings. The van der Waals surface area contributed by atoms with Gasteiger partial charge in [0.15, 0.2) is 0 Å². The van der Waals surface area contributed by atoms with Crippen LogP contribution < -0.4 is 10.1 Å². The molecule has 0 radical (unpaired) electrons. The molecule has 1 aliphatic rings. The number of benzene rings is 1. The van der Waals surface area contributed by atoms with Crippen LogP contribution in [-0.2, 0) is 4.74 Å². The summed E-state index contributed by atoms with van der Waals surface area (Å²) in [5.74, 6) is 0.755. The van der Waals surface area contributed by atoms with E-state index in [0.717, 1.165) is 29.7 Å². The van der Waals surface area contributed by atoms with Crippen molar-refractivity contribution >= 4 is 15.9 Å². The molecular weight excluding hydrogens is 322 g/mol. The van der Waals surface area contributed by atoms with Crippen molar-refractivity contribution < 1.29 is 14.6 Å². The maximum absolute atomic E-state index is 9.98. The zero-order valence-corrected chi connectivity index (χ0v) is 13.4. The van der Waals surface area contributed by atoms with E-state index in [0.29, 0.717) is 13.2 Å². The maximum atomic E-state index is 9.98. The van der Waals surface area contributed by atoms with E-state index < -0.39 is 6.10 Å². The van der Waals surface area contributed by atoms with Crippen molar-refractivity contribution in [1.29, 1.82) is 0 Å². The van der Waals surface area contributed by atoms with Crippen molar-refractivity contribution in [1.82, 2.24) is 5.32 Å². The van der Waals surface area contributed by atoms with Crippen molar-refractivity contribution in [2.24, 2.45) is 0 Å². The monoisotopic (exact) mass is 343 g/mol. The highest BCUT2D eigenvalue weighted by Gasteiger charge is 2.27. The lowest BCUT2D eigenvalue weighted by molar-refractivity contribution is 0.0184. The Bertz CT molecular complexity index is 421. The Hall–Kier alpha value is -0.620. The lowest BCUT2D eigenvalue weighted by Gasteiger charge is -2.35. The first-order valence-electron chi connectivity index (χ1n) is 6.97. The predicted octanol–water partition coefficient (Wildman–Crippen LogP) is 2.35. The van der Waals surface area contributed by atoms with E-state index >= 15 is 0 Å². The minimum atomic E-state index is -0.535. The quantitative estimate of drug-likeness (QED) is 0.832. The van der Waals surface area contributed by atoms with Gasteiger partial charge in [0.2, 0.25) is 0 Å². The first-order valence-corrected chi connectivity index (χ1v) is 7.76. The van der Waals surface area contributed by atoms with E-state index in [-0.39, 0.29) is 12.1 Å². The fraction of sp³-hybridized carbons (Fsp3) is 0.600. The summed E-state index contributed by atoms with van der Waals surface area (Å²) in [6.45, 7) is 4.46. The van der Waals surface area contributed by atoms with E-state index in [1.54, 1.807) is 0 Å². The number of aliphatic hydroxyl groups is 1. The average molecular weight is 344 g/mol. The highest BCUT2D eigenvalue weighted by molar-refractivity contribution is 9.10.